The van der Waals surface area contributed by atoms with E-state index in [1.807, 2.05) is 4.31 Å². The van der Waals surface area contributed by atoms with Gasteiger partial charge in [-0.1, -0.05) is 42.5 Å². The maximum Gasteiger partial charge on any atom is 0.231 e. The Kier molecular flexibility index (Phi) is 3.10. The zero-order valence-corrected chi connectivity index (χ0v) is 10.1. The highest BCUT2D eigenvalue weighted by Gasteiger charge is 2.40. The number of nitrogens with zero attached hydrogens (tertiary/aromatic N) is 1. The fraction of sp³-hybridized carbons (Fsp3) is 0.778. The summed E-state index contributed by atoms with van der Waals surface area (Å²) in [6.45, 7) is 0. The van der Waals surface area contributed by atoms with Gasteiger partial charge in [-0.05, 0) is 18.9 Å². The second-order valence-corrected chi connectivity index (χ2v) is 7.18. The third-order valence-corrected chi connectivity index (χ3v) is 5.22. The van der Waals surface area contributed by atoms with Crippen LogP contribution in [0.2, 0.25) is 0 Å². The first-order valence-corrected chi connectivity index (χ1v) is 6.75. The lowest BCUT2D eigenvalue weighted by molar-refractivity contribution is 0.319. The van der Waals surface area contributed by atoms with Gasteiger partial charge in [-0.25, -0.2) is 4.21 Å². The lowest BCUT2D eigenvalue weighted by Crippen LogP contribution is -2.35. The summed E-state index contributed by atoms with van der Waals surface area (Å²) in [5.74, 6) is 0. The monoisotopic (exact) mass is 253 g/mol. The lowest BCUT2D eigenvalue weighted by atomic mass is 9.96. The van der Waals surface area contributed by atoms with Gasteiger partial charge in [-0.15, -0.1) is 0 Å². The fourth-order valence-corrected chi connectivity index (χ4v) is 3.71. The van der Waals surface area contributed by atoms with Gasteiger partial charge in [0, 0.05) is 12.2 Å². The quantitative estimate of drug-likeness (QED) is 0.659. The molecule has 0 bridgehead atoms. The van der Waals surface area contributed by atoms with Gasteiger partial charge < -0.3 is 0 Å². The van der Waals surface area contributed by atoms with E-state index in [1.165, 1.54) is 19.3 Å². The van der Waals surface area contributed by atoms with Gasteiger partial charge in [0.2, 0.25) is 3.67 Å². The Morgan fingerprint density at radius 3 is 2.43 bits per heavy atom. The Balaban J connectivity index is 2.06. The van der Waals surface area contributed by atoms with E-state index in [0.717, 1.165) is 12.8 Å². The van der Waals surface area contributed by atoms with Crippen molar-refractivity contribution in [1.82, 2.24) is 4.31 Å². The number of hydrogen-bond acceptors (Lipinski definition) is 1. The molecule has 80 valence electrons. The van der Waals surface area contributed by atoms with Crippen molar-refractivity contribution in [2.75, 3.05) is 0 Å². The average molecular weight is 254 g/mol. The van der Waals surface area contributed by atoms with Crippen LogP contribution in [0.25, 0.3) is 0 Å². The molecule has 1 unspecified atom stereocenters. The van der Waals surface area contributed by atoms with Gasteiger partial charge in [-0.3, -0.25) is 4.31 Å². The van der Waals surface area contributed by atoms with Gasteiger partial charge in [0.15, 0.2) is 11.0 Å². The van der Waals surface area contributed by atoms with Crippen LogP contribution < -0.4 is 0 Å². The van der Waals surface area contributed by atoms with Crippen LogP contribution in [0.15, 0.2) is 12.3 Å². The second-order valence-electron chi connectivity index (χ2n) is 3.78. The summed E-state index contributed by atoms with van der Waals surface area (Å²) >= 11 is 11.7. The topological polar surface area (TPSA) is 20.3 Å². The standard InChI is InChI=1S/C9H13Cl2NOS/c10-9(11)6-7-12(14(9)13)8-4-2-1-3-5-8/h6-8H,1-5H2. The van der Waals surface area contributed by atoms with Crippen LogP contribution in [0, 0.1) is 0 Å². The Morgan fingerprint density at radius 1 is 1.29 bits per heavy atom. The third kappa shape index (κ3) is 1.95. The molecular formula is C9H13Cl2NOS. The van der Waals surface area contributed by atoms with Crippen molar-refractivity contribution in [3.8, 4) is 0 Å². The molecule has 2 rings (SSSR count). The molecule has 1 saturated carbocycles. The molecule has 5 heteroatoms. The van der Waals surface area contributed by atoms with Crippen LogP contribution in [-0.4, -0.2) is 18.2 Å². The van der Waals surface area contributed by atoms with Gasteiger partial charge >= 0.3 is 0 Å². The van der Waals surface area contributed by atoms with Crippen molar-refractivity contribution in [3.05, 3.63) is 12.3 Å². The van der Waals surface area contributed by atoms with Crippen LogP contribution >= 0.6 is 23.2 Å². The number of rotatable bonds is 1. The summed E-state index contributed by atoms with van der Waals surface area (Å²) in [4.78, 5) is 0. The summed E-state index contributed by atoms with van der Waals surface area (Å²) < 4.78 is 12.4. The fourth-order valence-electron chi connectivity index (χ4n) is 2.01. The van der Waals surface area contributed by atoms with Gasteiger partial charge in [0.05, 0.1) is 0 Å². The Labute approximate surface area is 96.8 Å². The highest BCUT2D eigenvalue weighted by Crippen LogP contribution is 2.38. The van der Waals surface area contributed by atoms with Crippen molar-refractivity contribution in [3.63, 3.8) is 0 Å². The SMILES string of the molecule is O=S1N(C2CCCCC2)C=CC1(Cl)Cl. The molecular weight excluding hydrogens is 241 g/mol. The Hall–Kier alpha value is 0.270. The highest BCUT2D eigenvalue weighted by atomic mass is 35.5. The van der Waals surface area contributed by atoms with E-state index in [0.29, 0.717) is 6.04 Å². The minimum atomic E-state index is -1.32. The molecule has 1 aliphatic heterocycles. The van der Waals surface area contributed by atoms with Crippen molar-refractivity contribution in [1.29, 1.82) is 0 Å². The predicted octanol–water partition coefficient (Wildman–Crippen LogP) is 2.94. The Bertz CT molecular complexity index is 274. The predicted molar refractivity (Wildman–Crippen MR) is 60.4 cm³/mol. The average Bonchev–Trinajstić information content (AvgIpc) is 2.44. The maximum absolute atomic E-state index is 11.8. The molecule has 0 aromatic rings. The highest BCUT2D eigenvalue weighted by molar-refractivity contribution is 7.87. The van der Waals surface area contributed by atoms with Crippen LogP contribution in [0.4, 0.5) is 0 Å². The molecule has 0 N–H and O–H groups in total. The Morgan fingerprint density at radius 2 is 1.93 bits per heavy atom. The van der Waals surface area contributed by atoms with Gasteiger partial charge in [-0.2, -0.15) is 0 Å². The van der Waals surface area contributed by atoms with E-state index in [-0.39, 0.29) is 0 Å². The zero-order valence-electron chi connectivity index (χ0n) is 7.79. The van der Waals surface area contributed by atoms with Gasteiger partial charge in [0.25, 0.3) is 0 Å². The van der Waals surface area contributed by atoms with E-state index < -0.39 is 14.7 Å². The molecule has 0 aromatic carbocycles. The number of alkyl halides is 2. The summed E-state index contributed by atoms with van der Waals surface area (Å²) in [6.07, 6.45) is 9.30. The smallest absolute Gasteiger partial charge is 0.231 e. The van der Waals surface area contributed by atoms with Crippen molar-refractivity contribution in [2.24, 2.45) is 0 Å². The van der Waals surface area contributed by atoms with Crippen LogP contribution in [0.1, 0.15) is 32.1 Å². The molecule has 1 aliphatic carbocycles. The lowest BCUT2D eigenvalue weighted by Gasteiger charge is -2.30. The van der Waals surface area contributed by atoms with Gasteiger partial charge in [0.1, 0.15) is 0 Å². The summed E-state index contributed by atoms with van der Waals surface area (Å²) in [7, 11) is -1.32. The molecule has 1 heterocycles. The number of halogens is 2. The van der Waals surface area contributed by atoms with Crippen LogP contribution in [0.5, 0.6) is 0 Å². The molecule has 1 atom stereocenters. The van der Waals surface area contributed by atoms with E-state index in [1.54, 1.807) is 12.3 Å². The summed E-state index contributed by atoms with van der Waals surface area (Å²) in [6, 6.07) is 0.361. The summed E-state index contributed by atoms with van der Waals surface area (Å²) in [5.41, 5.74) is 0. The molecule has 0 spiro atoms. The van der Waals surface area contributed by atoms with Crippen molar-refractivity contribution in [2.45, 2.75) is 41.8 Å². The van der Waals surface area contributed by atoms with E-state index in [4.69, 9.17) is 23.2 Å². The molecule has 0 aromatic heterocycles. The third-order valence-electron chi connectivity index (χ3n) is 2.77. The van der Waals surface area contributed by atoms with E-state index in [2.05, 4.69) is 0 Å². The maximum atomic E-state index is 11.8. The van der Waals surface area contributed by atoms with Crippen LogP contribution in [0.3, 0.4) is 0 Å². The molecule has 2 aliphatic rings. The van der Waals surface area contributed by atoms with E-state index in [9.17, 15) is 4.21 Å². The molecule has 0 amide bonds. The van der Waals surface area contributed by atoms with E-state index >= 15 is 0 Å². The number of hydrogen-bond donors (Lipinski definition) is 0. The largest absolute Gasteiger partial charge is 0.293 e. The minimum absolute atomic E-state index is 0.361. The first-order valence-electron chi connectivity index (χ1n) is 4.89. The molecule has 14 heavy (non-hydrogen) atoms. The first-order chi connectivity index (χ1) is 6.61. The summed E-state index contributed by atoms with van der Waals surface area (Å²) in [5, 5.41) is 0. The first kappa shape index (κ1) is 10.8. The molecule has 2 nitrogen and oxygen atoms in total. The minimum Gasteiger partial charge on any atom is -0.293 e. The van der Waals surface area contributed by atoms with Crippen LogP contribution in [-0.2, 0) is 11.0 Å². The zero-order chi connectivity index (χ0) is 10.2. The van der Waals surface area contributed by atoms with Crippen molar-refractivity contribution < 1.29 is 4.21 Å². The molecule has 1 fully saturated rings. The normalized spacial score (nSPS) is 32.4. The molecule has 0 radical (unpaired) electrons. The van der Waals surface area contributed by atoms with Crippen molar-refractivity contribution >= 4 is 34.2 Å². The molecule has 0 saturated heterocycles. The second kappa shape index (κ2) is 4.03.